The normalized spacial score (nSPS) is 10.1. The third kappa shape index (κ3) is 3.20. The highest BCUT2D eigenvalue weighted by molar-refractivity contribution is 9.10. The number of carbonyl (C=O) groups is 1. The molecule has 0 spiro atoms. The molecule has 2 aromatic carbocycles. The van der Waals surface area contributed by atoms with Gasteiger partial charge in [0.05, 0.1) is 5.56 Å². The minimum Gasteiger partial charge on any atom is -0.457 e. The molecule has 3 heteroatoms. The largest absolute Gasteiger partial charge is 0.457 e. The first-order chi connectivity index (χ1) is 8.66. The summed E-state index contributed by atoms with van der Waals surface area (Å²) < 4.78 is 6.16. The van der Waals surface area contributed by atoms with Crippen molar-refractivity contribution in [3.05, 3.63) is 69.7 Å². The van der Waals surface area contributed by atoms with Gasteiger partial charge in [-0.15, -0.1) is 0 Å². The summed E-state index contributed by atoms with van der Waals surface area (Å²) >= 11 is 3.35. The Bertz CT molecular complexity index is 550. The molecule has 2 aromatic rings. The average Bonchev–Trinajstić information content (AvgIpc) is 2.40. The highest BCUT2D eigenvalue weighted by atomic mass is 79.9. The van der Waals surface area contributed by atoms with Crippen molar-refractivity contribution in [1.29, 1.82) is 0 Å². The van der Waals surface area contributed by atoms with Crippen LogP contribution in [0.15, 0.2) is 53.0 Å². The summed E-state index contributed by atoms with van der Waals surface area (Å²) in [4.78, 5) is 11.9. The molecule has 0 amide bonds. The van der Waals surface area contributed by atoms with Gasteiger partial charge in [0.1, 0.15) is 6.61 Å². The first-order valence-corrected chi connectivity index (χ1v) is 6.43. The quantitative estimate of drug-likeness (QED) is 0.798. The number of esters is 1. The number of benzene rings is 2. The fraction of sp³-hybridized carbons (Fsp3) is 0.133. The van der Waals surface area contributed by atoms with E-state index in [1.807, 2.05) is 49.4 Å². The lowest BCUT2D eigenvalue weighted by molar-refractivity contribution is 0.0472. The van der Waals surface area contributed by atoms with Crippen LogP contribution < -0.4 is 0 Å². The van der Waals surface area contributed by atoms with Crippen molar-refractivity contribution in [3.63, 3.8) is 0 Å². The standard InChI is InChI=1S/C15H13BrO2/c1-11-7-8-13(16)9-14(11)15(17)18-10-12-5-3-2-4-6-12/h2-9H,10H2,1H3. The maximum atomic E-state index is 11.9. The Morgan fingerprint density at radius 3 is 2.61 bits per heavy atom. The van der Waals surface area contributed by atoms with Gasteiger partial charge in [-0.1, -0.05) is 52.3 Å². The van der Waals surface area contributed by atoms with Gasteiger partial charge in [0, 0.05) is 4.47 Å². The first kappa shape index (κ1) is 12.8. The van der Waals surface area contributed by atoms with Crippen LogP contribution in [-0.2, 0) is 11.3 Å². The second-order valence-electron chi connectivity index (χ2n) is 4.02. The number of aryl methyl sites for hydroxylation is 1. The zero-order chi connectivity index (χ0) is 13.0. The first-order valence-electron chi connectivity index (χ1n) is 5.64. The Hall–Kier alpha value is -1.61. The lowest BCUT2D eigenvalue weighted by Gasteiger charge is -2.07. The van der Waals surface area contributed by atoms with E-state index in [1.165, 1.54) is 0 Å². The molecule has 0 atom stereocenters. The van der Waals surface area contributed by atoms with Crippen molar-refractivity contribution < 1.29 is 9.53 Å². The van der Waals surface area contributed by atoms with Gasteiger partial charge in [-0.25, -0.2) is 4.79 Å². The zero-order valence-electron chi connectivity index (χ0n) is 10.0. The molecule has 0 aliphatic rings. The molecule has 92 valence electrons. The number of ether oxygens (including phenoxy) is 1. The monoisotopic (exact) mass is 304 g/mol. The Kier molecular flexibility index (Phi) is 4.15. The van der Waals surface area contributed by atoms with Gasteiger partial charge in [-0.2, -0.15) is 0 Å². The summed E-state index contributed by atoms with van der Waals surface area (Å²) in [6.07, 6.45) is 0. The van der Waals surface area contributed by atoms with E-state index in [2.05, 4.69) is 15.9 Å². The van der Waals surface area contributed by atoms with Crippen molar-refractivity contribution >= 4 is 21.9 Å². The topological polar surface area (TPSA) is 26.3 Å². The molecule has 0 aliphatic carbocycles. The molecule has 0 heterocycles. The molecule has 0 saturated heterocycles. The van der Waals surface area contributed by atoms with Crippen LogP contribution in [0.4, 0.5) is 0 Å². The van der Waals surface area contributed by atoms with Crippen LogP contribution in [0.3, 0.4) is 0 Å². The maximum Gasteiger partial charge on any atom is 0.338 e. The van der Waals surface area contributed by atoms with Gasteiger partial charge in [-0.3, -0.25) is 0 Å². The summed E-state index contributed by atoms with van der Waals surface area (Å²) in [5.74, 6) is -0.294. The van der Waals surface area contributed by atoms with Crippen LogP contribution in [0.5, 0.6) is 0 Å². The minimum absolute atomic E-state index is 0.294. The van der Waals surface area contributed by atoms with E-state index < -0.39 is 0 Å². The molecule has 0 N–H and O–H groups in total. The summed E-state index contributed by atoms with van der Waals surface area (Å²) in [5.41, 5.74) is 2.50. The van der Waals surface area contributed by atoms with Crippen LogP contribution in [0.25, 0.3) is 0 Å². The Morgan fingerprint density at radius 1 is 1.17 bits per heavy atom. The fourth-order valence-electron chi connectivity index (χ4n) is 1.62. The number of hydrogen-bond donors (Lipinski definition) is 0. The van der Waals surface area contributed by atoms with E-state index in [9.17, 15) is 4.79 Å². The summed E-state index contributed by atoms with van der Waals surface area (Å²) in [5, 5.41) is 0. The van der Waals surface area contributed by atoms with E-state index in [1.54, 1.807) is 6.07 Å². The van der Waals surface area contributed by atoms with Crippen molar-refractivity contribution in [2.75, 3.05) is 0 Å². The lowest BCUT2D eigenvalue weighted by Crippen LogP contribution is -2.07. The van der Waals surface area contributed by atoms with Crippen LogP contribution >= 0.6 is 15.9 Å². The van der Waals surface area contributed by atoms with E-state index in [4.69, 9.17) is 4.74 Å². The van der Waals surface area contributed by atoms with Crippen molar-refractivity contribution in [3.8, 4) is 0 Å². The van der Waals surface area contributed by atoms with Gasteiger partial charge in [0.25, 0.3) is 0 Å². The second kappa shape index (κ2) is 5.83. The van der Waals surface area contributed by atoms with Crippen LogP contribution in [-0.4, -0.2) is 5.97 Å². The van der Waals surface area contributed by atoms with Crippen LogP contribution in [0.1, 0.15) is 21.5 Å². The van der Waals surface area contributed by atoms with Gasteiger partial charge >= 0.3 is 5.97 Å². The summed E-state index contributed by atoms with van der Waals surface area (Å²) in [6, 6.07) is 15.2. The predicted molar refractivity (Wildman–Crippen MR) is 74.4 cm³/mol. The number of hydrogen-bond acceptors (Lipinski definition) is 2. The molecule has 0 bridgehead atoms. The fourth-order valence-corrected chi connectivity index (χ4v) is 1.98. The minimum atomic E-state index is -0.294. The van der Waals surface area contributed by atoms with E-state index in [0.29, 0.717) is 12.2 Å². The lowest BCUT2D eigenvalue weighted by atomic mass is 10.1. The molecule has 18 heavy (non-hydrogen) atoms. The summed E-state index contributed by atoms with van der Waals surface area (Å²) in [6.45, 7) is 2.19. The second-order valence-corrected chi connectivity index (χ2v) is 4.94. The van der Waals surface area contributed by atoms with Crippen molar-refractivity contribution in [2.45, 2.75) is 13.5 Å². The molecule has 0 saturated carbocycles. The van der Waals surface area contributed by atoms with Gasteiger partial charge in [-0.05, 0) is 30.2 Å². The van der Waals surface area contributed by atoms with Crippen molar-refractivity contribution in [1.82, 2.24) is 0 Å². The van der Waals surface area contributed by atoms with Crippen molar-refractivity contribution in [2.24, 2.45) is 0 Å². The summed E-state index contributed by atoms with van der Waals surface area (Å²) in [7, 11) is 0. The Morgan fingerprint density at radius 2 is 1.89 bits per heavy atom. The van der Waals surface area contributed by atoms with E-state index >= 15 is 0 Å². The third-order valence-corrected chi connectivity index (χ3v) is 3.13. The average molecular weight is 305 g/mol. The number of halogens is 1. The highest BCUT2D eigenvalue weighted by Gasteiger charge is 2.10. The maximum absolute atomic E-state index is 11.9. The Labute approximate surface area is 115 Å². The molecular weight excluding hydrogens is 292 g/mol. The number of carbonyl (C=O) groups excluding carboxylic acids is 1. The van der Waals surface area contributed by atoms with Crippen LogP contribution in [0.2, 0.25) is 0 Å². The third-order valence-electron chi connectivity index (χ3n) is 2.63. The molecule has 0 radical (unpaired) electrons. The molecule has 0 fully saturated rings. The molecule has 2 rings (SSSR count). The molecule has 0 aromatic heterocycles. The van der Waals surface area contributed by atoms with E-state index in [-0.39, 0.29) is 5.97 Å². The predicted octanol–water partition coefficient (Wildman–Crippen LogP) is 4.11. The molecule has 0 aliphatic heterocycles. The highest BCUT2D eigenvalue weighted by Crippen LogP contribution is 2.17. The van der Waals surface area contributed by atoms with Gasteiger partial charge in [0.2, 0.25) is 0 Å². The van der Waals surface area contributed by atoms with E-state index in [0.717, 1.165) is 15.6 Å². The molecule has 0 unspecified atom stereocenters. The van der Waals surface area contributed by atoms with Gasteiger partial charge in [0.15, 0.2) is 0 Å². The smallest absolute Gasteiger partial charge is 0.338 e. The SMILES string of the molecule is Cc1ccc(Br)cc1C(=O)OCc1ccccc1. The molecule has 2 nitrogen and oxygen atoms in total. The molecular formula is C15H13BrO2. The zero-order valence-corrected chi connectivity index (χ0v) is 11.6. The Balaban J connectivity index is 2.06. The van der Waals surface area contributed by atoms with Gasteiger partial charge < -0.3 is 4.74 Å². The van der Waals surface area contributed by atoms with Crippen LogP contribution in [0, 0.1) is 6.92 Å². The number of rotatable bonds is 3.